The summed E-state index contributed by atoms with van der Waals surface area (Å²) in [6.07, 6.45) is -2.71. The van der Waals surface area contributed by atoms with Gasteiger partial charge in [-0.1, -0.05) is 6.07 Å². The summed E-state index contributed by atoms with van der Waals surface area (Å²) in [5.41, 5.74) is 0. The van der Waals surface area contributed by atoms with Gasteiger partial charge in [0.15, 0.2) is 0 Å². The number of rotatable bonds is 4. The van der Waals surface area contributed by atoms with Crippen LogP contribution in [-0.2, 0) is 0 Å². The third kappa shape index (κ3) is 6.44. The summed E-state index contributed by atoms with van der Waals surface area (Å²) in [6, 6.07) is 6.52. The van der Waals surface area contributed by atoms with Gasteiger partial charge in [-0.05, 0) is 44.0 Å². The minimum absolute atomic E-state index is 0. The molecule has 1 aromatic carbocycles. The molecule has 1 saturated heterocycles. The molecule has 21 heavy (non-hydrogen) atoms. The van der Waals surface area contributed by atoms with Crippen LogP contribution in [0.2, 0.25) is 0 Å². The third-order valence-electron chi connectivity index (χ3n) is 3.41. The molecule has 1 heterocycles. The number of piperidine rings is 1. The van der Waals surface area contributed by atoms with Crippen LogP contribution in [0.15, 0.2) is 24.3 Å². The van der Waals surface area contributed by atoms with Gasteiger partial charge in [-0.2, -0.15) is 13.2 Å². The fourth-order valence-electron chi connectivity index (χ4n) is 2.35. The SMILES string of the molecule is Cl.Oc1cccc(OCC2CCN(CC(F)(F)F)CC2)c1. The van der Waals surface area contributed by atoms with Gasteiger partial charge >= 0.3 is 6.18 Å². The molecule has 1 aromatic rings. The van der Waals surface area contributed by atoms with Gasteiger partial charge in [0, 0.05) is 6.07 Å². The highest BCUT2D eigenvalue weighted by atomic mass is 35.5. The summed E-state index contributed by atoms with van der Waals surface area (Å²) in [5, 5.41) is 9.30. The van der Waals surface area contributed by atoms with Crippen molar-refractivity contribution < 1.29 is 23.0 Å². The monoisotopic (exact) mass is 325 g/mol. The molecule has 0 amide bonds. The van der Waals surface area contributed by atoms with Crippen molar-refractivity contribution in [3.8, 4) is 11.5 Å². The molecule has 0 aromatic heterocycles. The molecule has 0 bridgehead atoms. The standard InChI is InChI=1S/C14H18F3NO2.ClH/c15-14(16,17)10-18-6-4-11(5-7-18)9-20-13-3-1-2-12(19)8-13;/h1-3,8,11,19H,4-7,9-10H2;1H. The van der Waals surface area contributed by atoms with Crippen molar-refractivity contribution in [1.29, 1.82) is 0 Å². The first-order chi connectivity index (χ1) is 9.42. The topological polar surface area (TPSA) is 32.7 Å². The lowest BCUT2D eigenvalue weighted by Crippen LogP contribution is -2.41. The van der Waals surface area contributed by atoms with Gasteiger partial charge in [-0.15, -0.1) is 12.4 Å². The predicted molar refractivity (Wildman–Crippen MR) is 76.1 cm³/mol. The quantitative estimate of drug-likeness (QED) is 0.920. The molecule has 0 unspecified atom stereocenters. The molecular formula is C14H19ClF3NO2. The number of aromatic hydroxyl groups is 1. The van der Waals surface area contributed by atoms with Crippen molar-refractivity contribution in [2.45, 2.75) is 19.0 Å². The lowest BCUT2D eigenvalue weighted by molar-refractivity contribution is -0.148. The zero-order valence-corrected chi connectivity index (χ0v) is 12.3. The van der Waals surface area contributed by atoms with Gasteiger partial charge in [0.1, 0.15) is 11.5 Å². The largest absolute Gasteiger partial charge is 0.508 e. The Morgan fingerprint density at radius 1 is 1.24 bits per heavy atom. The van der Waals surface area contributed by atoms with E-state index in [1.54, 1.807) is 18.2 Å². The fourth-order valence-corrected chi connectivity index (χ4v) is 2.35. The smallest absolute Gasteiger partial charge is 0.401 e. The summed E-state index contributed by atoms with van der Waals surface area (Å²) in [5.74, 6) is 0.993. The zero-order chi connectivity index (χ0) is 14.6. The molecule has 0 saturated carbocycles. The second-order valence-electron chi connectivity index (χ2n) is 5.14. The van der Waals surface area contributed by atoms with Crippen LogP contribution in [0.5, 0.6) is 11.5 Å². The number of halogens is 4. The van der Waals surface area contributed by atoms with Crippen LogP contribution in [0.4, 0.5) is 13.2 Å². The number of phenols is 1. The second kappa shape index (κ2) is 7.75. The Kier molecular flexibility index (Phi) is 6.61. The summed E-state index contributed by atoms with van der Waals surface area (Å²) in [6.45, 7) is 0.553. The van der Waals surface area contributed by atoms with Crippen LogP contribution >= 0.6 is 12.4 Å². The van der Waals surface area contributed by atoms with Crippen molar-refractivity contribution in [3.05, 3.63) is 24.3 Å². The van der Waals surface area contributed by atoms with E-state index in [9.17, 15) is 18.3 Å². The summed E-state index contributed by atoms with van der Waals surface area (Å²) < 4.78 is 42.3. The molecule has 1 aliphatic heterocycles. The first kappa shape index (κ1) is 17.9. The number of benzene rings is 1. The minimum Gasteiger partial charge on any atom is -0.508 e. The Morgan fingerprint density at radius 3 is 2.48 bits per heavy atom. The number of alkyl halides is 3. The van der Waals surface area contributed by atoms with E-state index in [1.165, 1.54) is 11.0 Å². The van der Waals surface area contributed by atoms with Crippen LogP contribution in [-0.4, -0.2) is 42.4 Å². The van der Waals surface area contributed by atoms with E-state index in [4.69, 9.17) is 4.74 Å². The van der Waals surface area contributed by atoms with Crippen LogP contribution < -0.4 is 4.74 Å². The predicted octanol–water partition coefficient (Wildman–Crippen LogP) is 3.47. The van der Waals surface area contributed by atoms with Gasteiger partial charge in [0.25, 0.3) is 0 Å². The van der Waals surface area contributed by atoms with Crippen LogP contribution in [0, 0.1) is 5.92 Å². The molecule has 1 aliphatic rings. The first-order valence-electron chi connectivity index (χ1n) is 6.63. The zero-order valence-electron chi connectivity index (χ0n) is 11.5. The van der Waals surface area contributed by atoms with E-state index < -0.39 is 12.7 Å². The van der Waals surface area contributed by atoms with E-state index in [0.29, 0.717) is 38.3 Å². The number of nitrogens with zero attached hydrogens (tertiary/aromatic N) is 1. The Morgan fingerprint density at radius 2 is 1.90 bits per heavy atom. The van der Waals surface area contributed by atoms with E-state index in [-0.39, 0.29) is 24.1 Å². The van der Waals surface area contributed by atoms with Crippen molar-refractivity contribution in [2.75, 3.05) is 26.2 Å². The van der Waals surface area contributed by atoms with E-state index in [1.807, 2.05) is 0 Å². The first-order valence-corrected chi connectivity index (χ1v) is 6.63. The van der Waals surface area contributed by atoms with Gasteiger partial charge in [-0.3, -0.25) is 4.90 Å². The van der Waals surface area contributed by atoms with Crippen molar-refractivity contribution in [1.82, 2.24) is 4.90 Å². The highest BCUT2D eigenvalue weighted by molar-refractivity contribution is 5.85. The number of likely N-dealkylation sites (tertiary alicyclic amines) is 1. The highest BCUT2D eigenvalue weighted by Crippen LogP contribution is 2.24. The number of hydrogen-bond acceptors (Lipinski definition) is 3. The Labute approximate surface area is 128 Å². The van der Waals surface area contributed by atoms with Crippen LogP contribution in [0.1, 0.15) is 12.8 Å². The molecule has 1 N–H and O–H groups in total. The summed E-state index contributed by atoms with van der Waals surface area (Å²) in [4.78, 5) is 1.44. The molecule has 2 rings (SSSR count). The summed E-state index contributed by atoms with van der Waals surface area (Å²) >= 11 is 0. The molecule has 0 spiro atoms. The van der Waals surface area contributed by atoms with Crippen molar-refractivity contribution in [2.24, 2.45) is 5.92 Å². The lowest BCUT2D eigenvalue weighted by atomic mass is 9.98. The van der Waals surface area contributed by atoms with E-state index in [2.05, 4.69) is 0 Å². The van der Waals surface area contributed by atoms with Crippen molar-refractivity contribution >= 4 is 12.4 Å². The third-order valence-corrected chi connectivity index (χ3v) is 3.41. The van der Waals surface area contributed by atoms with Gasteiger partial charge < -0.3 is 9.84 Å². The Hall–Kier alpha value is -1.14. The highest BCUT2D eigenvalue weighted by Gasteiger charge is 2.32. The molecule has 3 nitrogen and oxygen atoms in total. The molecule has 0 atom stereocenters. The average molecular weight is 326 g/mol. The maximum atomic E-state index is 12.3. The molecule has 7 heteroatoms. The normalized spacial score (nSPS) is 17.3. The average Bonchev–Trinajstić information content (AvgIpc) is 2.36. The van der Waals surface area contributed by atoms with E-state index >= 15 is 0 Å². The molecule has 0 radical (unpaired) electrons. The molecular weight excluding hydrogens is 307 g/mol. The van der Waals surface area contributed by atoms with Gasteiger partial charge in [0.2, 0.25) is 0 Å². The number of ether oxygens (including phenoxy) is 1. The summed E-state index contributed by atoms with van der Waals surface area (Å²) in [7, 11) is 0. The maximum absolute atomic E-state index is 12.3. The second-order valence-corrected chi connectivity index (χ2v) is 5.14. The van der Waals surface area contributed by atoms with Crippen molar-refractivity contribution in [3.63, 3.8) is 0 Å². The minimum atomic E-state index is -4.12. The Balaban J connectivity index is 0.00000220. The van der Waals surface area contributed by atoms with Gasteiger partial charge in [-0.25, -0.2) is 0 Å². The van der Waals surface area contributed by atoms with Crippen LogP contribution in [0.25, 0.3) is 0 Å². The lowest BCUT2D eigenvalue weighted by Gasteiger charge is -2.32. The Bertz CT molecular complexity index is 434. The fraction of sp³-hybridized carbons (Fsp3) is 0.571. The number of hydrogen-bond donors (Lipinski definition) is 1. The molecule has 1 fully saturated rings. The molecule has 0 aliphatic carbocycles. The van der Waals surface area contributed by atoms with Gasteiger partial charge in [0.05, 0.1) is 13.2 Å². The maximum Gasteiger partial charge on any atom is 0.401 e. The molecule has 120 valence electrons. The van der Waals surface area contributed by atoms with Crippen LogP contribution in [0.3, 0.4) is 0 Å². The van der Waals surface area contributed by atoms with E-state index in [0.717, 1.165) is 0 Å². The number of phenolic OH excluding ortho intramolecular Hbond substituents is 1.